The van der Waals surface area contributed by atoms with Gasteiger partial charge in [-0.2, -0.15) is 0 Å². The molecule has 0 atom stereocenters. The fourth-order valence-electron chi connectivity index (χ4n) is 1.94. The fraction of sp³-hybridized carbons (Fsp3) is 0.375. The van der Waals surface area contributed by atoms with E-state index >= 15 is 0 Å². The lowest BCUT2D eigenvalue weighted by atomic mass is 10.1. The highest BCUT2D eigenvalue weighted by Gasteiger charge is 2.11. The summed E-state index contributed by atoms with van der Waals surface area (Å²) >= 11 is 6.10. The van der Waals surface area contributed by atoms with Gasteiger partial charge in [-0.15, -0.1) is 0 Å². The summed E-state index contributed by atoms with van der Waals surface area (Å²) in [6.07, 6.45) is 1.04. The van der Waals surface area contributed by atoms with Crippen molar-refractivity contribution in [2.45, 2.75) is 33.1 Å². The molecule has 2 rings (SSSR count). The van der Waals surface area contributed by atoms with E-state index in [0.29, 0.717) is 5.15 Å². The predicted octanol–water partition coefficient (Wildman–Crippen LogP) is 4.58. The van der Waals surface area contributed by atoms with Crippen molar-refractivity contribution >= 4 is 23.1 Å². The minimum absolute atomic E-state index is 0.253. The Hall–Kier alpha value is -1.61. The number of hydrogen-bond donors (Lipinski definition) is 0. The molecule has 0 saturated heterocycles. The zero-order chi connectivity index (χ0) is 14.7. The van der Waals surface area contributed by atoms with Gasteiger partial charge in [-0.25, -0.2) is 9.97 Å². The summed E-state index contributed by atoms with van der Waals surface area (Å²) in [6, 6.07) is 10.3. The lowest BCUT2D eigenvalue weighted by Gasteiger charge is -2.20. The van der Waals surface area contributed by atoms with Crippen LogP contribution in [-0.2, 0) is 6.42 Å². The van der Waals surface area contributed by atoms with E-state index in [0.717, 1.165) is 23.8 Å². The average molecular weight is 290 g/mol. The van der Waals surface area contributed by atoms with Crippen LogP contribution in [0, 0.1) is 0 Å². The highest BCUT2D eigenvalue weighted by atomic mass is 35.5. The SMILES string of the molecule is CCc1ccc(N(C)c2cc(Cl)nc(C(C)C)n2)cc1. The standard InChI is InChI=1S/C16H20ClN3/c1-5-12-6-8-13(9-7-12)20(4)15-10-14(17)18-16(19-15)11(2)3/h6-11H,5H2,1-4H3. The van der Waals surface area contributed by atoms with Crippen LogP contribution < -0.4 is 4.90 Å². The Morgan fingerprint density at radius 3 is 2.35 bits per heavy atom. The molecular formula is C16H20ClN3. The van der Waals surface area contributed by atoms with E-state index < -0.39 is 0 Å². The maximum Gasteiger partial charge on any atom is 0.137 e. The molecular weight excluding hydrogens is 270 g/mol. The molecule has 0 fully saturated rings. The lowest BCUT2D eigenvalue weighted by Crippen LogP contribution is -2.13. The normalized spacial score (nSPS) is 10.9. The minimum Gasteiger partial charge on any atom is -0.329 e. The summed E-state index contributed by atoms with van der Waals surface area (Å²) in [6.45, 7) is 6.27. The second-order valence-corrected chi connectivity index (χ2v) is 5.53. The molecule has 3 nitrogen and oxygen atoms in total. The van der Waals surface area contributed by atoms with Gasteiger partial charge < -0.3 is 4.90 Å². The second-order valence-electron chi connectivity index (χ2n) is 5.14. The molecule has 1 aromatic carbocycles. The van der Waals surface area contributed by atoms with E-state index in [1.807, 2.05) is 11.9 Å². The summed E-state index contributed by atoms with van der Waals surface area (Å²) in [4.78, 5) is 10.9. The summed E-state index contributed by atoms with van der Waals surface area (Å²) in [5, 5.41) is 0.482. The zero-order valence-electron chi connectivity index (χ0n) is 12.4. The van der Waals surface area contributed by atoms with Crippen LogP contribution in [0.25, 0.3) is 0 Å². The number of halogens is 1. The van der Waals surface area contributed by atoms with Crippen LogP contribution in [-0.4, -0.2) is 17.0 Å². The number of aromatic nitrogens is 2. The van der Waals surface area contributed by atoms with E-state index in [-0.39, 0.29) is 5.92 Å². The number of hydrogen-bond acceptors (Lipinski definition) is 3. The Balaban J connectivity index is 2.34. The lowest BCUT2D eigenvalue weighted by molar-refractivity contribution is 0.772. The fourth-order valence-corrected chi connectivity index (χ4v) is 2.12. The third kappa shape index (κ3) is 3.28. The van der Waals surface area contributed by atoms with Crippen molar-refractivity contribution in [1.29, 1.82) is 0 Å². The molecule has 0 amide bonds. The third-order valence-electron chi connectivity index (χ3n) is 3.29. The second kappa shape index (κ2) is 6.23. The van der Waals surface area contributed by atoms with Gasteiger partial charge in [0.05, 0.1) is 0 Å². The van der Waals surface area contributed by atoms with E-state index in [1.54, 1.807) is 6.07 Å². The highest BCUT2D eigenvalue weighted by molar-refractivity contribution is 6.29. The summed E-state index contributed by atoms with van der Waals surface area (Å²) in [5.41, 5.74) is 2.41. The molecule has 0 spiro atoms. The Bertz CT molecular complexity index is 579. The van der Waals surface area contributed by atoms with Crippen molar-refractivity contribution in [3.8, 4) is 0 Å². The van der Waals surface area contributed by atoms with Crippen LogP contribution >= 0.6 is 11.6 Å². The van der Waals surface area contributed by atoms with Crippen molar-refractivity contribution < 1.29 is 0 Å². The Kier molecular flexibility index (Phi) is 4.61. The van der Waals surface area contributed by atoms with Crippen LogP contribution in [0.15, 0.2) is 30.3 Å². The summed E-state index contributed by atoms with van der Waals surface area (Å²) in [7, 11) is 1.99. The molecule has 1 aromatic heterocycles. The largest absolute Gasteiger partial charge is 0.329 e. The number of benzene rings is 1. The smallest absolute Gasteiger partial charge is 0.137 e. The topological polar surface area (TPSA) is 29.0 Å². The van der Waals surface area contributed by atoms with Crippen LogP contribution in [0.3, 0.4) is 0 Å². The van der Waals surface area contributed by atoms with Crippen molar-refractivity contribution in [1.82, 2.24) is 9.97 Å². The van der Waals surface area contributed by atoms with Gasteiger partial charge in [-0.05, 0) is 24.1 Å². The minimum atomic E-state index is 0.253. The number of anilines is 2. The molecule has 0 saturated carbocycles. The quantitative estimate of drug-likeness (QED) is 0.771. The van der Waals surface area contributed by atoms with Crippen molar-refractivity contribution in [2.75, 3.05) is 11.9 Å². The molecule has 4 heteroatoms. The van der Waals surface area contributed by atoms with E-state index in [1.165, 1.54) is 5.56 Å². The van der Waals surface area contributed by atoms with Crippen molar-refractivity contribution in [3.63, 3.8) is 0 Å². The van der Waals surface area contributed by atoms with Gasteiger partial charge in [0, 0.05) is 24.7 Å². The monoisotopic (exact) mass is 289 g/mol. The van der Waals surface area contributed by atoms with Crippen molar-refractivity contribution in [2.24, 2.45) is 0 Å². The maximum atomic E-state index is 6.10. The first-order valence-corrected chi connectivity index (χ1v) is 7.26. The van der Waals surface area contributed by atoms with Crippen LogP contribution in [0.4, 0.5) is 11.5 Å². The Morgan fingerprint density at radius 1 is 1.15 bits per heavy atom. The molecule has 106 valence electrons. The molecule has 0 radical (unpaired) electrons. The summed E-state index contributed by atoms with van der Waals surface area (Å²) in [5.74, 6) is 1.84. The van der Waals surface area contributed by atoms with Gasteiger partial charge in [0.15, 0.2) is 0 Å². The molecule has 0 unspecified atom stereocenters. The summed E-state index contributed by atoms with van der Waals surface area (Å²) < 4.78 is 0. The average Bonchev–Trinajstić information content (AvgIpc) is 2.46. The first-order valence-electron chi connectivity index (χ1n) is 6.88. The van der Waals surface area contributed by atoms with Gasteiger partial charge >= 0.3 is 0 Å². The number of nitrogens with zero attached hydrogens (tertiary/aromatic N) is 3. The molecule has 1 heterocycles. The molecule has 0 aliphatic heterocycles. The van der Waals surface area contributed by atoms with Gasteiger partial charge in [-0.1, -0.05) is 44.5 Å². The third-order valence-corrected chi connectivity index (χ3v) is 3.48. The van der Waals surface area contributed by atoms with Crippen LogP contribution in [0.1, 0.15) is 38.1 Å². The molecule has 0 N–H and O–H groups in total. The molecule has 2 aromatic rings. The molecule has 0 aliphatic rings. The zero-order valence-corrected chi connectivity index (χ0v) is 13.1. The Morgan fingerprint density at radius 2 is 1.80 bits per heavy atom. The first-order chi connectivity index (χ1) is 9.51. The van der Waals surface area contributed by atoms with Gasteiger partial charge in [-0.3, -0.25) is 0 Å². The van der Waals surface area contributed by atoms with Crippen LogP contribution in [0.5, 0.6) is 0 Å². The van der Waals surface area contributed by atoms with Gasteiger partial charge in [0.25, 0.3) is 0 Å². The van der Waals surface area contributed by atoms with E-state index in [9.17, 15) is 0 Å². The van der Waals surface area contributed by atoms with Crippen molar-refractivity contribution in [3.05, 3.63) is 46.9 Å². The molecule has 20 heavy (non-hydrogen) atoms. The number of rotatable bonds is 4. The highest BCUT2D eigenvalue weighted by Crippen LogP contribution is 2.25. The van der Waals surface area contributed by atoms with E-state index in [2.05, 4.69) is 55.0 Å². The van der Waals surface area contributed by atoms with Gasteiger partial charge in [0.1, 0.15) is 16.8 Å². The predicted molar refractivity (Wildman–Crippen MR) is 85.0 cm³/mol. The van der Waals surface area contributed by atoms with Gasteiger partial charge in [0.2, 0.25) is 0 Å². The van der Waals surface area contributed by atoms with E-state index in [4.69, 9.17) is 11.6 Å². The number of aryl methyl sites for hydroxylation is 1. The maximum absolute atomic E-state index is 6.10. The molecule has 0 aliphatic carbocycles. The molecule has 0 bridgehead atoms. The Labute approximate surface area is 125 Å². The first kappa shape index (κ1) is 14.8. The van der Waals surface area contributed by atoms with Crippen LogP contribution in [0.2, 0.25) is 5.15 Å².